The largest absolute Gasteiger partial charge is 0.447 e. The lowest BCUT2D eigenvalue weighted by Crippen LogP contribution is -2.45. The second-order valence-electron chi connectivity index (χ2n) is 6.23. The van der Waals surface area contributed by atoms with Crippen LogP contribution in [0.1, 0.15) is 24.0 Å². The molecule has 5 heteroatoms. The summed E-state index contributed by atoms with van der Waals surface area (Å²) in [5.41, 5.74) is 2.12. The molecule has 4 nitrogen and oxygen atoms in total. The van der Waals surface area contributed by atoms with Crippen molar-refractivity contribution >= 4 is 27.9 Å². The van der Waals surface area contributed by atoms with E-state index in [9.17, 15) is 9.59 Å². The van der Waals surface area contributed by atoms with Crippen molar-refractivity contribution in [3.8, 4) is 0 Å². The molecule has 0 aliphatic carbocycles. The van der Waals surface area contributed by atoms with Gasteiger partial charge in [0.2, 0.25) is 5.91 Å². The highest BCUT2D eigenvalue weighted by Gasteiger charge is 2.41. The van der Waals surface area contributed by atoms with Crippen molar-refractivity contribution in [1.82, 2.24) is 4.90 Å². The first-order valence-electron chi connectivity index (χ1n) is 8.30. The summed E-state index contributed by atoms with van der Waals surface area (Å²) in [6.07, 6.45) is 0.0354. The van der Waals surface area contributed by atoms with Gasteiger partial charge in [-0.1, -0.05) is 83.5 Å². The molecule has 1 saturated heterocycles. The van der Waals surface area contributed by atoms with Crippen LogP contribution in [-0.2, 0) is 16.0 Å². The Hall–Kier alpha value is -2.14. The third-order valence-corrected chi connectivity index (χ3v) is 5.70. The van der Waals surface area contributed by atoms with Crippen molar-refractivity contribution in [1.29, 1.82) is 0 Å². The Balaban J connectivity index is 1.75. The van der Waals surface area contributed by atoms with Gasteiger partial charge in [-0.2, -0.15) is 0 Å². The van der Waals surface area contributed by atoms with E-state index in [1.165, 1.54) is 4.90 Å². The monoisotopic (exact) mass is 401 g/mol. The molecular formula is C20H20BrNO3. The van der Waals surface area contributed by atoms with Crippen LogP contribution in [0.15, 0.2) is 60.7 Å². The first kappa shape index (κ1) is 17.7. The van der Waals surface area contributed by atoms with E-state index in [0.717, 1.165) is 11.1 Å². The lowest BCUT2D eigenvalue weighted by atomic mass is 9.96. The van der Waals surface area contributed by atoms with E-state index < -0.39 is 10.9 Å². The normalized spacial score (nSPS) is 19.4. The topological polar surface area (TPSA) is 46.6 Å². The van der Waals surface area contributed by atoms with E-state index in [4.69, 9.17) is 4.74 Å². The molecule has 0 radical (unpaired) electrons. The van der Waals surface area contributed by atoms with Gasteiger partial charge in [-0.05, 0) is 17.5 Å². The fourth-order valence-corrected chi connectivity index (χ4v) is 3.57. The molecule has 25 heavy (non-hydrogen) atoms. The van der Waals surface area contributed by atoms with Gasteiger partial charge in [-0.25, -0.2) is 9.69 Å². The molecule has 2 amide bonds. The maximum absolute atomic E-state index is 12.9. The molecule has 1 fully saturated rings. The summed E-state index contributed by atoms with van der Waals surface area (Å²) in [6.45, 7) is 2.21. The molecule has 130 valence electrons. The molecule has 0 saturated carbocycles. The minimum atomic E-state index is -0.560. The Morgan fingerprint density at radius 1 is 1.16 bits per heavy atom. The number of benzene rings is 2. The van der Waals surface area contributed by atoms with Gasteiger partial charge >= 0.3 is 6.09 Å². The summed E-state index contributed by atoms with van der Waals surface area (Å²) in [6, 6.07) is 19.3. The number of carbonyl (C=O) groups is 2. The maximum atomic E-state index is 12.9. The van der Waals surface area contributed by atoms with Gasteiger partial charge in [-0.15, -0.1) is 0 Å². The summed E-state index contributed by atoms with van der Waals surface area (Å²) in [5.74, 6) is -0.306. The number of ether oxygens (including phenoxy) is 1. The lowest BCUT2D eigenvalue weighted by molar-refractivity contribution is -0.128. The van der Waals surface area contributed by atoms with Crippen LogP contribution in [0, 0.1) is 0 Å². The Morgan fingerprint density at radius 3 is 2.40 bits per heavy atom. The van der Waals surface area contributed by atoms with Crippen molar-refractivity contribution in [2.75, 3.05) is 6.61 Å². The zero-order valence-electron chi connectivity index (χ0n) is 14.0. The summed E-state index contributed by atoms with van der Waals surface area (Å²) in [4.78, 5) is 25.9. The number of halogens is 1. The number of imide groups is 1. The molecule has 1 heterocycles. The second-order valence-corrected chi connectivity index (χ2v) is 7.22. The van der Waals surface area contributed by atoms with E-state index in [2.05, 4.69) is 15.9 Å². The van der Waals surface area contributed by atoms with Crippen molar-refractivity contribution < 1.29 is 14.3 Å². The van der Waals surface area contributed by atoms with Crippen LogP contribution in [0.25, 0.3) is 0 Å². The van der Waals surface area contributed by atoms with Crippen LogP contribution in [0.3, 0.4) is 0 Å². The van der Waals surface area contributed by atoms with E-state index in [-0.39, 0.29) is 24.5 Å². The van der Waals surface area contributed by atoms with Gasteiger partial charge in [0.1, 0.15) is 11.4 Å². The highest BCUT2D eigenvalue weighted by Crippen LogP contribution is 2.29. The number of carbonyl (C=O) groups excluding carboxylic acids is 2. The van der Waals surface area contributed by atoms with Crippen molar-refractivity contribution in [2.45, 2.75) is 30.1 Å². The Bertz CT molecular complexity index is 735. The SMILES string of the molecule is C[C@@H](c1ccccc1)[C@H](Br)C(=O)N1C(=O)OC[C@@H]1Cc1ccccc1. The first-order chi connectivity index (χ1) is 12.1. The Labute approximate surface area is 155 Å². The van der Waals surface area contributed by atoms with Crippen LogP contribution in [-0.4, -0.2) is 34.4 Å². The van der Waals surface area contributed by atoms with E-state index in [1.54, 1.807) is 0 Å². The molecule has 3 rings (SSSR count). The molecule has 2 aromatic carbocycles. The summed E-state index contributed by atoms with van der Waals surface area (Å²) in [5, 5.41) is 0. The second kappa shape index (κ2) is 7.83. The van der Waals surface area contributed by atoms with Gasteiger partial charge < -0.3 is 4.74 Å². The van der Waals surface area contributed by atoms with E-state index >= 15 is 0 Å². The lowest BCUT2D eigenvalue weighted by Gasteiger charge is -2.25. The smallest absolute Gasteiger partial charge is 0.417 e. The fourth-order valence-electron chi connectivity index (χ4n) is 3.04. The number of hydrogen-bond acceptors (Lipinski definition) is 3. The molecule has 3 atom stereocenters. The quantitative estimate of drug-likeness (QED) is 0.707. The maximum Gasteiger partial charge on any atom is 0.417 e. The summed E-state index contributed by atoms with van der Waals surface area (Å²) in [7, 11) is 0. The molecule has 2 aromatic rings. The number of hydrogen-bond donors (Lipinski definition) is 0. The van der Waals surface area contributed by atoms with Gasteiger partial charge in [0.15, 0.2) is 0 Å². The molecule has 0 unspecified atom stereocenters. The summed E-state index contributed by atoms with van der Waals surface area (Å²) >= 11 is 3.50. The molecule has 0 aromatic heterocycles. The van der Waals surface area contributed by atoms with E-state index in [1.807, 2.05) is 67.6 Å². The number of nitrogens with zero attached hydrogens (tertiary/aromatic N) is 1. The minimum absolute atomic E-state index is 0.0560. The molecule has 0 N–H and O–H groups in total. The van der Waals surface area contributed by atoms with Crippen LogP contribution >= 0.6 is 15.9 Å². The average molecular weight is 402 g/mol. The van der Waals surface area contributed by atoms with Gasteiger partial charge in [0.05, 0.1) is 6.04 Å². The highest BCUT2D eigenvalue weighted by molar-refractivity contribution is 9.10. The first-order valence-corrected chi connectivity index (χ1v) is 9.22. The predicted octanol–water partition coefficient (Wildman–Crippen LogP) is 4.14. The minimum Gasteiger partial charge on any atom is -0.447 e. The van der Waals surface area contributed by atoms with Crippen LogP contribution < -0.4 is 0 Å². The zero-order chi connectivity index (χ0) is 17.8. The molecular weight excluding hydrogens is 382 g/mol. The van der Waals surface area contributed by atoms with Gasteiger partial charge in [0, 0.05) is 5.92 Å². The van der Waals surface area contributed by atoms with Crippen LogP contribution in [0.5, 0.6) is 0 Å². The van der Waals surface area contributed by atoms with Crippen LogP contribution in [0.2, 0.25) is 0 Å². The van der Waals surface area contributed by atoms with Gasteiger partial charge in [-0.3, -0.25) is 4.79 Å². The third kappa shape index (κ3) is 3.93. The average Bonchev–Trinajstić information content (AvgIpc) is 3.01. The Kier molecular flexibility index (Phi) is 5.53. The molecule has 1 aliphatic rings. The fraction of sp³-hybridized carbons (Fsp3) is 0.300. The zero-order valence-corrected chi connectivity index (χ0v) is 15.6. The number of amides is 2. The van der Waals surface area contributed by atoms with Crippen molar-refractivity contribution in [3.05, 3.63) is 71.8 Å². The number of alkyl halides is 1. The molecule has 0 spiro atoms. The van der Waals surface area contributed by atoms with Crippen molar-refractivity contribution in [3.63, 3.8) is 0 Å². The number of rotatable bonds is 5. The van der Waals surface area contributed by atoms with Crippen LogP contribution in [0.4, 0.5) is 4.79 Å². The number of cyclic esters (lactones) is 1. The van der Waals surface area contributed by atoms with Gasteiger partial charge in [0.25, 0.3) is 0 Å². The predicted molar refractivity (Wildman–Crippen MR) is 99.7 cm³/mol. The van der Waals surface area contributed by atoms with Crippen molar-refractivity contribution in [2.24, 2.45) is 0 Å². The van der Waals surface area contributed by atoms with E-state index in [0.29, 0.717) is 6.42 Å². The third-order valence-electron chi connectivity index (χ3n) is 4.51. The summed E-state index contributed by atoms with van der Waals surface area (Å²) < 4.78 is 5.15. The Morgan fingerprint density at radius 2 is 1.76 bits per heavy atom. The highest BCUT2D eigenvalue weighted by atomic mass is 79.9. The standard InChI is InChI=1S/C20H20BrNO3/c1-14(16-10-6-3-7-11-16)18(21)19(23)22-17(13-25-20(22)24)12-15-8-4-2-5-9-15/h2-11,14,17-18H,12-13H2,1H3/t14-,17-,18-/m0/s1. The molecule has 0 bridgehead atoms. The molecule has 1 aliphatic heterocycles.